The van der Waals surface area contributed by atoms with Crippen molar-refractivity contribution in [2.75, 3.05) is 6.54 Å². The Kier molecular flexibility index (Phi) is 13.7. The molecular formula is C35H47FN2O7. The number of epoxide rings is 1. The highest BCUT2D eigenvalue weighted by Crippen LogP contribution is 2.44. The first-order valence-electron chi connectivity index (χ1n) is 15.6. The summed E-state index contributed by atoms with van der Waals surface area (Å²) < 4.78 is 24.2. The third-order valence-electron chi connectivity index (χ3n) is 8.00. The maximum Gasteiger partial charge on any atom is 0.312 e. The second-order valence-corrected chi connectivity index (χ2v) is 12.5. The predicted molar refractivity (Wildman–Crippen MR) is 168 cm³/mol. The van der Waals surface area contributed by atoms with Gasteiger partial charge in [-0.05, 0) is 79.0 Å². The van der Waals surface area contributed by atoms with E-state index in [4.69, 9.17) is 14.7 Å². The molecule has 0 aromatic heterocycles. The zero-order valence-corrected chi connectivity index (χ0v) is 27.0. The van der Waals surface area contributed by atoms with Gasteiger partial charge in [-0.15, -0.1) is 0 Å². The van der Waals surface area contributed by atoms with Crippen molar-refractivity contribution in [3.8, 4) is 0 Å². The molecule has 246 valence electrons. The van der Waals surface area contributed by atoms with Gasteiger partial charge in [0.05, 0.1) is 12.0 Å². The van der Waals surface area contributed by atoms with Crippen LogP contribution in [0.15, 0.2) is 54.6 Å². The summed E-state index contributed by atoms with van der Waals surface area (Å²) in [6.07, 6.45) is 4.18. The first kappa shape index (κ1) is 35.9. The number of benzene rings is 2. The van der Waals surface area contributed by atoms with E-state index >= 15 is 0 Å². The van der Waals surface area contributed by atoms with Gasteiger partial charge >= 0.3 is 5.97 Å². The molecule has 6 atom stereocenters. The molecule has 1 aliphatic rings. The van der Waals surface area contributed by atoms with E-state index in [2.05, 4.69) is 22.4 Å². The number of hydrogen-bond acceptors (Lipinski definition) is 7. The largest absolute Gasteiger partial charge is 0.433 e. The van der Waals surface area contributed by atoms with E-state index in [9.17, 15) is 18.8 Å². The summed E-state index contributed by atoms with van der Waals surface area (Å²) in [7, 11) is 0. The summed E-state index contributed by atoms with van der Waals surface area (Å²) in [4.78, 5) is 42.9. The molecular weight excluding hydrogens is 579 g/mol. The molecule has 0 radical (unpaired) electrons. The number of aryl methyl sites for hydroxylation is 2. The fraction of sp³-hybridized carbons (Fsp3) is 0.514. The summed E-state index contributed by atoms with van der Waals surface area (Å²) in [6, 6.07) is 11.3. The van der Waals surface area contributed by atoms with E-state index in [-0.39, 0.29) is 42.8 Å². The van der Waals surface area contributed by atoms with E-state index in [0.717, 1.165) is 28.7 Å². The molecule has 1 fully saturated rings. The van der Waals surface area contributed by atoms with Crippen molar-refractivity contribution < 1.29 is 38.4 Å². The minimum atomic E-state index is -1.09. The van der Waals surface area contributed by atoms with Crippen LogP contribution in [0.25, 0.3) is 0 Å². The summed E-state index contributed by atoms with van der Waals surface area (Å²) in [5.41, 5.74) is 4.04. The molecule has 2 amide bonds. The number of allylic oxidation sites excluding steroid dienone is 1. The Bertz CT molecular complexity index is 1310. The third kappa shape index (κ3) is 11.7. The van der Waals surface area contributed by atoms with Crippen LogP contribution in [0.5, 0.6) is 0 Å². The van der Waals surface area contributed by atoms with Crippen LogP contribution in [0.1, 0.15) is 75.3 Å². The van der Waals surface area contributed by atoms with Gasteiger partial charge in [0.25, 0.3) is 0 Å². The monoisotopic (exact) mass is 626 g/mol. The quantitative estimate of drug-likeness (QED) is 0.0511. The van der Waals surface area contributed by atoms with Crippen molar-refractivity contribution in [1.82, 2.24) is 10.6 Å². The molecule has 0 bridgehead atoms. The molecule has 2 aromatic carbocycles. The smallest absolute Gasteiger partial charge is 0.312 e. The molecule has 45 heavy (non-hydrogen) atoms. The molecule has 1 unspecified atom stereocenters. The molecule has 0 aliphatic carbocycles. The third-order valence-corrected chi connectivity index (χ3v) is 8.00. The normalized spacial score (nSPS) is 18.7. The standard InChI is InChI=1S/C35H47FN2O7/c1-21(2)17-31(45-42)43-35(41)25(6)20-37-34(40)29(19-26-12-11-22(3)24(5)18-26)38-30(39)10-8-7-9-23(4)32-33(44-32)27-13-15-28(36)16-14-27/h8,10-16,18,21,23,25,29,31-33,42H,7,9,17,19-20H2,1-6H3,(H,37,40)(H,38,39)/b10-8+/t23-,25?,29+,31+,32+,33+/m0/s1. The van der Waals surface area contributed by atoms with Gasteiger partial charge in [-0.2, -0.15) is 4.89 Å². The maximum absolute atomic E-state index is 13.3. The lowest BCUT2D eigenvalue weighted by molar-refractivity contribution is -0.340. The Morgan fingerprint density at radius 3 is 2.40 bits per heavy atom. The average molecular weight is 627 g/mol. The number of carbonyl (C=O) groups is 3. The lowest BCUT2D eigenvalue weighted by atomic mass is 9.96. The average Bonchev–Trinajstić information content (AvgIpc) is 3.80. The minimum absolute atomic E-state index is 0.0212. The highest BCUT2D eigenvalue weighted by atomic mass is 19.1. The second kappa shape index (κ2) is 17.2. The molecule has 2 aromatic rings. The maximum atomic E-state index is 13.3. The highest BCUT2D eigenvalue weighted by molar-refractivity contribution is 5.93. The van der Waals surface area contributed by atoms with Crippen LogP contribution in [0.3, 0.4) is 0 Å². The molecule has 9 nitrogen and oxygen atoms in total. The second-order valence-electron chi connectivity index (χ2n) is 12.5. The number of amides is 2. The molecule has 0 spiro atoms. The molecule has 3 rings (SSSR count). The summed E-state index contributed by atoms with van der Waals surface area (Å²) >= 11 is 0. The lowest BCUT2D eigenvalue weighted by Crippen LogP contribution is -2.49. The van der Waals surface area contributed by atoms with Crippen LogP contribution in [0.2, 0.25) is 0 Å². The number of hydrogen-bond donors (Lipinski definition) is 3. The number of halogens is 1. The Hall–Kier alpha value is -3.60. The predicted octanol–water partition coefficient (Wildman–Crippen LogP) is 5.74. The van der Waals surface area contributed by atoms with Crippen molar-refractivity contribution in [3.63, 3.8) is 0 Å². The van der Waals surface area contributed by atoms with Crippen LogP contribution in [-0.4, -0.2) is 48.0 Å². The Labute approximate surface area is 265 Å². The van der Waals surface area contributed by atoms with E-state index in [1.54, 1.807) is 25.1 Å². The molecule has 10 heteroatoms. The van der Waals surface area contributed by atoms with Crippen molar-refractivity contribution in [2.45, 2.75) is 91.8 Å². The number of rotatable bonds is 17. The first-order valence-corrected chi connectivity index (χ1v) is 15.6. The van der Waals surface area contributed by atoms with Crippen LogP contribution in [0, 0.1) is 37.4 Å². The van der Waals surface area contributed by atoms with Gasteiger partial charge in [-0.1, -0.05) is 64.1 Å². The summed E-state index contributed by atoms with van der Waals surface area (Å²) in [5.74, 6) is -2.07. The van der Waals surface area contributed by atoms with Crippen LogP contribution < -0.4 is 10.6 Å². The Morgan fingerprint density at radius 2 is 1.76 bits per heavy atom. The van der Waals surface area contributed by atoms with Gasteiger partial charge in [0.1, 0.15) is 18.0 Å². The van der Waals surface area contributed by atoms with Crippen molar-refractivity contribution in [2.24, 2.45) is 17.8 Å². The zero-order chi connectivity index (χ0) is 33.1. The van der Waals surface area contributed by atoms with E-state index in [1.807, 2.05) is 45.9 Å². The van der Waals surface area contributed by atoms with Gasteiger partial charge in [0.2, 0.25) is 18.1 Å². The van der Waals surface area contributed by atoms with Gasteiger partial charge < -0.3 is 20.1 Å². The van der Waals surface area contributed by atoms with Crippen molar-refractivity contribution in [3.05, 3.63) is 82.7 Å². The molecule has 3 N–H and O–H groups in total. The van der Waals surface area contributed by atoms with Crippen LogP contribution >= 0.6 is 0 Å². The Morgan fingerprint density at radius 1 is 1.04 bits per heavy atom. The molecule has 1 aliphatic heterocycles. The van der Waals surface area contributed by atoms with Gasteiger partial charge in [0.15, 0.2) is 0 Å². The van der Waals surface area contributed by atoms with Gasteiger partial charge in [-0.3, -0.25) is 14.4 Å². The van der Waals surface area contributed by atoms with Gasteiger partial charge in [0, 0.05) is 19.4 Å². The van der Waals surface area contributed by atoms with E-state index in [1.165, 1.54) is 18.2 Å². The molecule has 1 heterocycles. The van der Waals surface area contributed by atoms with Crippen molar-refractivity contribution in [1.29, 1.82) is 0 Å². The van der Waals surface area contributed by atoms with Crippen LogP contribution in [-0.2, 0) is 35.2 Å². The zero-order valence-electron chi connectivity index (χ0n) is 27.0. The minimum Gasteiger partial charge on any atom is -0.433 e. The first-order chi connectivity index (χ1) is 21.4. The number of nitrogens with one attached hydrogen (secondary N) is 2. The molecule has 0 saturated carbocycles. The van der Waals surface area contributed by atoms with E-state index in [0.29, 0.717) is 12.8 Å². The fourth-order valence-corrected chi connectivity index (χ4v) is 4.99. The lowest BCUT2D eigenvalue weighted by Gasteiger charge is -2.21. The summed E-state index contributed by atoms with van der Waals surface area (Å²) in [6.45, 7) is 11.5. The number of esters is 1. The fourth-order valence-electron chi connectivity index (χ4n) is 4.99. The number of carbonyl (C=O) groups excluding carboxylic acids is 3. The van der Waals surface area contributed by atoms with E-state index < -0.39 is 36.0 Å². The SMILES string of the molecule is Cc1ccc(C[C@@H](NC(=O)/C=C/CC[C@H](C)[C@H]2O[C@@H]2c2ccc(F)cc2)C(=O)NCC(C)C(=O)O[C@@H](CC(C)C)OO)cc1C. The number of ether oxygens (including phenoxy) is 2. The topological polar surface area (TPSA) is 126 Å². The highest BCUT2D eigenvalue weighted by Gasteiger charge is 2.43. The van der Waals surface area contributed by atoms with Crippen molar-refractivity contribution >= 4 is 17.8 Å². The van der Waals surface area contributed by atoms with Crippen LogP contribution in [0.4, 0.5) is 4.39 Å². The summed E-state index contributed by atoms with van der Waals surface area (Å²) in [5, 5.41) is 14.6. The molecule has 1 saturated heterocycles. The Balaban J connectivity index is 1.53. The van der Waals surface area contributed by atoms with Gasteiger partial charge in [-0.25, -0.2) is 9.65 Å².